The van der Waals surface area contributed by atoms with E-state index in [1.54, 1.807) is 31.9 Å². The second kappa shape index (κ2) is 11.0. The van der Waals surface area contributed by atoms with Crippen molar-refractivity contribution < 1.29 is 19.1 Å². The molecule has 33 heavy (non-hydrogen) atoms. The van der Waals surface area contributed by atoms with Gasteiger partial charge in [-0.25, -0.2) is 4.79 Å². The second-order valence-corrected chi connectivity index (χ2v) is 10.4. The highest BCUT2D eigenvalue weighted by Gasteiger charge is 2.39. The summed E-state index contributed by atoms with van der Waals surface area (Å²) in [5.41, 5.74) is 2.39. The number of amides is 2. The Bertz CT molecular complexity index is 873. The molecule has 2 rings (SSSR count). The summed E-state index contributed by atoms with van der Waals surface area (Å²) in [5, 5.41) is 3.06. The quantitative estimate of drug-likeness (QED) is 0.475. The van der Waals surface area contributed by atoms with Gasteiger partial charge in [0.15, 0.2) is 0 Å². The third-order valence-electron chi connectivity index (χ3n) is 6.32. The average molecular weight is 457 g/mol. The molecule has 6 nitrogen and oxygen atoms in total. The summed E-state index contributed by atoms with van der Waals surface area (Å²) in [6.07, 6.45) is 3.17. The van der Waals surface area contributed by atoms with Gasteiger partial charge in [-0.2, -0.15) is 0 Å². The number of fused-ring (bicyclic) bond motifs is 1. The topological polar surface area (TPSA) is 75.7 Å². The Morgan fingerprint density at radius 1 is 1.15 bits per heavy atom. The first-order valence-corrected chi connectivity index (χ1v) is 11.9. The molecule has 1 aromatic rings. The van der Waals surface area contributed by atoms with Gasteiger partial charge in [0.05, 0.1) is 12.6 Å². The number of nitrogens with zero attached hydrogens (tertiary/aromatic N) is 1. The van der Waals surface area contributed by atoms with Crippen molar-refractivity contribution in [3.8, 4) is 0 Å². The molecule has 2 amide bonds. The van der Waals surface area contributed by atoms with Gasteiger partial charge in [0.1, 0.15) is 6.04 Å². The van der Waals surface area contributed by atoms with Crippen molar-refractivity contribution in [1.29, 1.82) is 0 Å². The number of esters is 1. The number of nitrogens with one attached hydrogen (secondary N) is 1. The summed E-state index contributed by atoms with van der Waals surface area (Å²) in [4.78, 5) is 40.6. The van der Waals surface area contributed by atoms with Crippen LogP contribution in [0.2, 0.25) is 0 Å². The lowest BCUT2D eigenvalue weighted by atomic mass is 9.84. The molecule has 0 aliphatic heterocycles. The number of hydrogen-bond donors (Lipinski definition) is 1. The summed E-state index contributed by atoms with van der Waals surface area (Å²) < 4.78 is 5.09. The van der Waals surface area contributed by atoms with Crippen LogP contribution in [0.15, 0.2) is 35.9 Å². The van der Waals surface area contributed by atoms with Crippen molar-refractivity contribution in [2.75, 3.05) is 13.7 Å². The van der Waals surface area contributed by atoms with E-state index >= 15 is 0 Å². The monoisotopic (exact) mass is 456 g/mol. The van der Waals surface area contributed by atoms with Crippen LogP contribution < -0.4 is 5.32 Å². The van der Waals surface area contributed by atoms with Crippen molar-refractivity contribution in [3.63, 3.8) is 0 Å². The molecule has 0 bridgehead atoms. The Kier molecular flexibility index (Phi) is 8.87. The highest BCUT2D eigenvalue weighted by molar-refractivity contribution is 5.90. The van der Waals surface area contributed by atoms with E-state index in [1.807, 2.05) is 46.8 Å². The van der Waals surface area contributed by atoms with E-state index in [2.05, 4.69) is 17.4 Å². The van der Waals surface area contributed by atoms with Gasteiger partial charge in [-0.1, -0.05) is 65.0 Å². The zero-order valence-corrected chi connectivity index (χ0v) is 21.4. The fraction of sp³-hybridized carbons (Fsp3) is 0.593. The SMILES string of the molecule is CCOC(=O)/C(C)=C/[C@H](C(C)C)N(C)C(=O)[C@@H](NC(=O)C1Cc2ccccc2C1)C(C)(C)C. The van der Waals surface area contributed by atoms with Gasteiger partial charge in [-0.05, 0) is 49.1 Å². The van der Waals surface area contributed by atoms with E-state index in [-0.39, 0.29) is 35.7 Å². The highest BCUT2D eigenvalue weighted by Crippen LogP contribution is 2.28. The summed E-state index contributed by atoms with van der Waals surface area (Å²) in [6, 6.07) is 7.12. The van der Waals surface area contributed by atoms with Gasteiger partial charge >= 0.3 is 5.97 Å². The largest absolute Gasteiger partial charge is 0.463 e. The van der Waals surface area contributed by atoms with Crippen LogP contribution in [0, 0.1) is 17.3 Å². The molecule has 6 heteroatoms. The van der Waals surface area contributed by atoms with E-state index < -0.39 is 11.5 Å². The molecule has 1 aliphatic rings. The highest BCUT2D eigenvalue weighted by atomic mass is 16.5. The van der Waals surface area contributed by atoms with Gasteiger partial charge in [0, 0.05) is 18.5 Å². The minimum Gasteiger partial charge on any atom is -0.463 e. The van der Waals surface area contributed by atoms with Gasteiger partial charge in [-0.3, -0.25) is 9.59 Å². The molecule has 1 aliphatic carbocycles. The van der Waals surface area contributed by atoms with Gasteiger partial charge in [0.2, 0.25) is 11.8 Å². The van der Waals surface area contributed by atoms with Gasteiger partial charge < -0.3 is 15.0 Å². The molecule has 1 N–H and O–H groups in total. The minimum atomic E-state index is -0.684. The Labute approximate surface area is 198 Å². The van der Waals surface area contributed by atoms with Crippen molar-refractivity contribution in [2.45, 2.75) is 73.4 Å². The number of rotatable bonds is 8. The first-order chi connectivity index (χ1) is 15.4. The van der Waals surface area contributed by atoms with Crippen LogP contribution in [0.5, 0.6) is 0 Å². The molecule has 0 heterocycles. The molecular formula is C27H40N2O4. The minimum absolute atomic E-state index is 0.0731. The van der Waals surface area contributed by atoms with Crippen LogP contribution in [-0.2, 0) is 32.0 Å². The first kappa shape index (κ1) is 26.6. The predicted molar refractivity (Wildman–Crippen MR) is 131 cm³/mol. The van der Waals surface area contributed by atoms with Crippen LogP contribution >= 0.6 is 0 Å². The number of hydrogen-bond acceptors (Lipinski definition) is 4. The molecule has 0 aromatic heterocycles. The van der Waals surface area contributed by atoms with Crippen molar-refractivity contribution >= 4 is 17.8 Å². The maximum Gasteiger partial charge on any atom is 0.333 e. The van der Waals surface area contributed by atoms with Crippen molar-refractivity contribution in [3.05, 3.63) is 47.0 Å². The van der Waals surface area contributed by atoms with E-state index in [0.717, 1.165) is 0 Å². The summed E-state index contributed by atoms with van der Waals surface area (Å²) in [5.74, 6) is -0.739. The van der Waals surface area contributed by atoms with E-state index in [9.17, 15) is 14.4 Å². The molecule has 0 unspecified atom stereocenters. The first-order valence-electron chi connectivity index (χ1n) is 11.9. The summed E-state index contributed by atoms with van der Waals surface area (Å²) in [7, 11) is 1.73. The average Bonchev–Trinajstić information content (AvgIpc) is 3.18. The molecule has 1 aromatic carbocycles. The summed E-state index contributed by atoms with van der Waals surface area (Å²) in [6.45, 7) is 13.6. The maximum absolute atomic E-state index is 13.6. The molecule has 0 radical (unpaired) electrons. The normalized spacial score (nSPS) is 16.2. The molecule has 0 saturated carbocycles. The van der Waals surface area contributed by atoms with Gasteiger partial charge in [0.25, 0.3) is 0 Å². The van der Waals surface area contributed by atoms with E-state index in [1.165, 1.54) is 11.1 Å². The number of carbonyl (C=O) groups excluding carboxylic acids is 3. The fourth-order valence-electron chi connectivity index (χ4n) is 4.32. The zero-order chi connectivity index (χ0) is 24.9. The Balaban J connectivity index is 2.21. The Hall–Kier alpha value is -2.63. The molecule has 0 saturated heterocycles. The third-order valence-corrected chi connectivity index (χ3v) is 6.32. The fourth-order valence-corrected chi connectivity index (χ4v) is 4.32. The van der Waals surface area contributed by atoms with Crippen LogP contribution in [0.25, 0.3) is 0 Å². The smallest absolute Gasteiger partial charge is 0.333 e. The number of benzene rings is 1. The number of carbonyl (C=O) groups is 3. The lowest BCUT2D eigenvalue weighted by Crippen LogP contribution is -2.57. The van der Waals surface area contributed by atoms with Gasteiger partial charge in [-0.15, -0.1) is 0 Å². The lowest BCUT2D eigenvalue weighted by Gasteiger charge is -2.37. The predicted octanol–water partition coefficient (Wildman–Crippen LogP) is 3.92. The third kappa shape index (κ3) is 6.68. The van der Waals surface area contributed by atoms with E-state index in [4.69, 9.17) is 4.74 Å². The number of ether oxygens (including phenoxy) is 1. The maximum atomic E-state index is 13.6. The Morgan fingerprint density at radius 3 is 2.15 bits per heavy atom. The molecule has 2 atom stereocenters. The van der Waals surface area contributed by atoms with Crippen molar-refractivity contribution in [2.24, 2.45) is 17.3 Å². The lowest BCUT2D eigenvalue weighted by molar-refractivity contribution is -0.141. The van der Waals surface area contributed by atoms with Crippen molar-refractivity contribution in [1.82, 2.24) is 10.2 Å². The summed E-state index contributed by atoms with van der Waals surface area (Å²) >= 11 is 0. The molecular weight excluding hydrogens is 416 g/mol. The van der Waals surface area contributed by atoms with E-state index in [0.29, 0.717) is 25.0 Å². The second-order valence-electron chi connectivity index (χ2n) is 10.4. The molecule has 0 spiro atoms. The standard InChI is InChI=1S/C27H40N2O4/c1-9-33-26(32)18(4)14-22(17(2)3)29(8)25(31)23(27(5,6)7)28-24(30)21-15-19-12-10-11-13-20(19)16-21/h10-14,17,21-23H,9,15-16H2,1-8H3,(H,28,30)/b18-14+/t22-,23-/m1/s1. The van der Waals surface area contributed by atoms with Crippen LogP contribution in [-0.4, -0.2) is 48.4 Å². The Morgan fingerprint density at radius 2 is 1.70 bits per heavy atom. The van der Waals surface area contributed by atoms with Crippen LogP contribution in [0.3, 0.4) is 0 Å². The molecule has 182 valence electrons. The number of likely N-dealkylation sites (N-methyl/N-ethyl adjacent to an activating group) is 1. The zero-order valence-electron chi connectivity index (χ0n) is 21.4. The van der Waals surface area contributed by atoms with Crippen LogP contribution in [0.4, 0.5) is 0 Å². The van der Waals surface area contributed by atoms with Crippen LogP contribution in [0.1, 0.15) is 59.6 Å². The molecule has 0 fully saturated rings.